The Balaban J connectivity index is 1.51. The molecule has 9 nitrogen and oxygen atoms in total. The number of rotatable bonds is 5. The third kappa shape index (κ3) is 5.55. The molecule has 0 atom stereocenters. The van der Waals surface area contributed by atoms with E-state index in [1.54, 1.807) is 11.0 Å². The molecule has 0 radical (unpaired) electrons. The molecule has 0 unspecified atom stereocenters. The second-order valence-electron chi connectivity index (χ2n) is 6.66. The van der Waals surface area contributed by atoms with Crippen molar-refractivity contribution < 1.29 is 40.3 Å². The molecule has 0 bridgehead atoms. The van der Waals surface area contributed by atoms with Crippen molar-refractivity contribution in [2.75, 3.05) is 37.7 Å². The Bertz CT molecular complexity index is 1080. The fourth-order valence-electron chi connectivity index (χ4n) is 2.97. The van der Waals surface area contributed by atoms with Crippen molar-refractivity contribution in [3.05, 3.63) is 47.7 Å². The zero-order chi connectivity index (χ0) is 22.8. The van der Waals surface area contributed by atoms with Crippen LogP contribution in [0.2, 0.25) is 0 Å². The van der Waals surface area contributed by atoms with Crippen LogP contribution in [0.4, 0.5) is 18.9 Å². The molecule has 1 aromatic heterocycles. The number of primary sulfonamides is 1. The molecule has 13 heteroatoms. The number of anilines is 1. The molecule has 1 aromatic carbocycles. The number of amides is 1. The Morgan fingerprint density at radius 1 is 1.10 bits per heavy atom. The molecular formula is C18H18F3N3O6S. The molecule has 1 aliphatic rings. The number of ether oxygens (including phenoxy) is 1. The van der Waals surface area contributed by atoms with Crippen molar-refractivity contribution in [3.8, 4) is 0 Å². The van der Waals surface area contributed by atoms with E-state index < -0.39 is 51.1 Å². The number of carbonyl (C=O) groups is 2. The molecule has 0 saturated carbocycles. The fourth-order valence-corrected chi connectivity index (χ4v) is 3.43. The number of sulfonamides is 1. The van der Waals surface area contributed by atoms with Gasteiger partial charge < -0.3 is 19.0 Å². The van der Waals surface area contributed by atoms with E-state index in [9.17, 15) is 31.2 Å². The van der Waals surface area contributed by atoms with Crippen molar-refractivity contribution in [2.45, 2.75) is 11.3 Å². The van der Waals surface area contributed by atoms with Gasteiger partial charge in [-0.2, -0.15) is 13.2 Å². The minimum absolute atomic E-state index is 0.225. The highest BCUT2D eigenvalue weighted by molar-refractivity contribution is 7.89. The summed E-state index contributed by atoms with van der Waals surface area (Å²) in [6, 6.07) is 6.97. The van der Waals surface area contributed by atoms with E-state index in [0.717, 1.165) is 24.3 Å². The Labute approximate surface area is 175 Å². The molecule has 0 aliphatic carbocycles. The second-order valence-corrected chi connectivity index (χ2v) is 8.15. The van der Waals surface area contributed by atoms with Crippen LogP contribution in [0.5, 0.6) is 0 Å². The standard InChI is InChI=1S/C18H18F3N3O6S/c19-18(20,21)12-2-1-3-13(10-12)23-6-8-24(9-7-23)15(25)11-29-17(26)14-4-5-16(30-14)31(22,27)28/h1-5,10H,6-9,11H2,(H2,22,27,28). The number of halogens is 3. The number of alkyl halides is 3. The number of furan rings is 1. The Hall–Kier alpha value is -3.06. The van der Waals surface area contributed by atoms with Gasteiger partial charge in [-0.05, 0) is 30.3 Å². The molecule has 1 aliphatic heterocycles. The first-order chi connectivity index (χ1) is 14.4. The van der Waals surface area contributed by atoms with E-state index in [4.69, 9.17) is 14.3 Å². The topological polar surface area (TPSA) is 123 Å². The number of nitrogens with zero attached hydrogens (tertiary/aromatic N) is 2. The van der Waals surface area contributed by atoms with Crippen molar-refractivity contribution >= 4 is 27.6 Å². The van der Waals surface area contributed by atoms with Gasteiger partial charge in [-0.1, -0.05) is 6.07 Å². The highest BCUT2D eigenvalue weighted by atomic mass is 32.2. The molecule has 2 aromatic rings. The van der Waals surface area contributed by atoms with Gasteiger partial charge in [0.1, 0.15) is 0 Å². The van der Waals surface area contributed by atoms with Crippen LogP contribution >= 0.6 is 0 Å². The molecule has 31 heavy (non-hydrogen) atoms. The largest absolute Gasteiger partial charge is 0.450 e. The number of esters is 1. The first-order valence-electron chi connectivity index (χ1n) is 8.95. The van der Waals surface area contributed by atoms with Crippen molar-refractivity contribution in [1.82, 2.24) is 4.90 Å². The number of benzene rings is 1. The average molecular weight is 461 g/mol. The lowest BCUT2D eigenvalue weighted by Gasteiger charge is -2.36. The third-order valence-corrected chi connectivity index (χ3v) is 5.34. The van der Waals surface area contributed by atoms with E-state index in [2.05, 4.69) is 0 Å². The SMILES string of the molecule is NS(=O)(=O)c1ccc(C(=O)OCC(=O)N2CCN(c3cccc(C(F)(F)F)c3)CC2)o1. The lowest BCUT2D eigenvalue weighted by molar-refractivity contribution is -0.137. The number of nitrogens with two attached hydrogens (primary N) is 1. The number of hydrogen-bond donors (Lipinski definition) is 1. The van der Waals surface area contributed by atoms with Gasteiger partial charge in [0, 0.05) is 31.9 Å². The van der Waals surface area contributed by atoms with Crippen molar-refractivity contribution in [1.29, 1.82) is 0 Å². The molecular weight excluding hydrogens is 443 g/mol. The molecule has 0 spiro atoms. The van der Waals surface area contributed by atoms with Gasteiger partial charge in [0.25, 0.3) is 15.9 Å². The van der Waals surface area contributed by atoms with Crippen LogP contribution in [0.25, 0.3) is 0 Å². The molecule has 1 saturated heterocycles. The first kappa shape index (κ1) is 22.6. The Kier molecular flexibility index (Phi) is 6.27. The number of carbonyl (C=O) groups excluding carboxylic acids is 2. The smallest absolute Gasteiger partial charge is 0.416 e. The van der Waals surface area contributed by atoms with Crippen LogP contribution in [0.1, 0.15) is 16.1 Å². The van der Waals surface area contributed by atoms with Crippen LogP contribution in [-0.2, 0) is 25.7 Å². The zero-order valence-electron chi connectivity index (χ0n) is 16.0. The summed E-state index contributed by atoms with van der Waals surface area (Å²) >= 11 is 0. The summed E-state index contributed by atoms with van der Waals surface area (Å²) < 4.78 is 70.6. The second kappa shape index (κ2) is 8.59. The quantitative estimate of drug-likeness (QED) is 0.669. The molecule has 2 heterocycles. The summed E-state index contributed by atoms with van der Waals surface area (Å²) in [4.78, 5) is 27.3. The van der Waals surface area contributed by atoms with Crippen LogP contribution in [0, 0.1) is 0 Å². The molecule has 3 rings (SSSR count). The summed E-state index contributed by atoms with van der Waals surface area (Å²) in [5, 5.41) is 4.26. The first-order valence-corrected chi connectivity index (χ1v) is 10.5. The van der Waals surface area contributed by atoms with E-state index in [1.807, 2.05) is 0 Å². The monoisotopic (exact) mass is 461 g/mol. The highest BCUT2D eigenvalue weighted by Gasteiger charge is 2.31. The normalized spacial score (nSPS) is 15.1. The van der Waals surface area contributed by atoms with Gasteiger partial charge in [0.2, 0.25) is 10.9 Å². The van der Waals surface area contributed by atoms with E-state index >= 15 is 0 Å². The van der Waals surface area contributed by atoms with E-state index in [1.165, 1.54) is 11.0 Å². The summed E-state index contributed by atoms with van der Waals surface area (Å²) in [6.07, 6.45) is -4.44. The van der Waals surface area contributed by atoms with Gasteiger partial charge in [-0.25, -0.2) is 18.4 Å². The predicted octanol–water partition coefficient (Wildman–Crippen LogP) is 1.45. The maximum absolute atomic E-state index is 12.9. The highest BCUT2D eigenvalue weighted by Crippen LogP contribution is 2.31. The lowest BCUT2D eigenvalue weighted by Crippen LogP contribution is -2.50. The fraction of sp³-hybridized carbons (Fsp3) is 0.333. The van der Waals surface area contributed by atoms with Crippen molar-refractivity contribution in [2.24, 2.45) is 5.14 Å². The minimum atomic E-state index is -4.44. The zero-order valence-corrected chi connectivity index (χ0v) is 16.8. The maximum Gasteiger partial charge on any atom is 0.416 e. The summed E-state index contributed by atoms with van der Waals surface area (Å²) in [6.45, 7) is 0.452. The van der Waals surface area contributed by atoms with Gasteiger partial charge in [0.05, 0.1) is 5.56 Å². The van der Waals surface area contributed by atoms with E-state index in [0.29, 0.717) is 18.8 Å². The summed E-state index contributed by atoms with van der Waals surface area (Å²) in [7, 11) is -4.12. The summed E-state index contributed by atoms with van der Waals surface area (Å²) in [5.74, 6) is -1.97. The number of piperazine rings is 1. The maximum atomic E-state index is 12.9. The van der Waals surface area contributed by atoms with Gasteiger partial charge in [-0.15, -0.1) is 0 Å². The van der Waals surface area contributed by atoms with E-state index in [-0.39, 0.29) is 13.1 Å². The average Bonchev–Trinajstić information content (AvgIpc) is 3.22. The third-order valence-electron chi connectivity index (χ3n) is 4.56. The van der Waals surface area contributed by atoms with Crippen molar-refractivity contribution in [3.63, 3.8) is 0 Å². The lowest BCUT2D eigenvalue weighted by atomic mass is 10.1. The predicted molar refractivity (Wildman–Crippen MR) is 101 cm³/mol. The van der Waals surface area contributed by atoms with Crippen LogP contribution in [0.3, 0.4) is 0 Å². The van der Waals surface area contributed by atoms with Crippen LogP contribution in [0.15, 0.2) is 45.9 Å². The molecule has 1 fully saturated rings. The Morgan fingerprint density at radius 2 is 1.77 bits per heavy atom. The molecule has 2 N–H and O–H groups in total. The molecule has 1 amide bonds. The van der Waals surface area contributed by atoms with Crippen LogP contribution in [-0.4, -0.2) is 58.0 Å². The molecule has 168 valence electrons. The Morgan fingerprint density at radius 3 is 2.35 bits per heavy atom. The minimum Gasteiger partial charge on any atom is -0.450 e. The van der Waals surface area contributed by atoms with Gasteiger partial charge >= 0.3 is 12.1 Å². The van der Waals surface area contributed by atoms with Crippen LogP contribution < -0.4 is 10.0 Å². The number of hydrogen-bond acceptors (Lipinski definition) is 7. The van der Waals surface area contributed by atoms with Gasteiger partial charge in [0.15, 0.2) is 6.61 Å². The summed E-state index contributed by atoms with van der Waals surface area (Å²) in [5.41, 5.74) is -0.351. The van der Waals surface area contributed by atoms with Gasteiger partial charge in [-0.3, -0.25) is 4.79 Å².